The molecule has 0 saturated heterocycles. The second kappa shape index (κ2) is 5.56. The van der Waals surface area contributed by atoms with Crippen LogP contribution < -0.4 is 5.32 Å². The van der Waals surface area contributed by atoms with Crippen molar-refractivity contribution in [2.45, 2.75) is 39.7 Å². The molecule has 1 heterocycles. The predicted molar refractivity (Wildman–Crippen MR) is 86.5 cm³/mol. The van der Waals surface area contributed by atoms with Crippen LogP contribution in [-0.4, -0.2) is 0 Å². The van der Waals surface area contributed by atoms with Crippen molar-refractivity contribution in [1.82, 2.24) is 0 Å². The van der Waals surface area contributed by atoms with E-state index in [1.165, 1.54) is 15.3 Å². The first-order chi connectivity index (χ1) is 8.86. The van der Waals surface area contributed by atoms with Gasteiger partial charge in [0.25, 0.3) is 0 Å². The van der Waals surface area contributed by atoms with Gasteiger partial charge >= 0.3 is 0 Å². The molecule has 1 aromatic heterocycles. The van der Waals surface area contributed by atoms with Gasteiger partial charge in [0, 0.05) is 16.3 Å². The van der Waals surface area contributed by atoms with Crippen molar-refractivity contribution < 1.29 is 0 Å². The molecule has 3 heteroatoms. The fraction of sp³-hybridized carbons (Fsp3) is 0.375. The number of halogens is 1. The van der Waals surface area contributed by atoms with Crippen LogP contribution in [0.4, 0.5) is 5.69 Å². The lowest BCUT2D eigenvalue weighted by atomic mass is 9.95. The molecule has 102 valence electrons. The normalized spacial score (nSPS) is 11.6. The first-order valence-electron chi connectivity index (χ1n) is 6.45. The highest BCUT2D eigenvalue weighted by molar-refractivity contribution is 7.12. The monoisotopic (exact) mass is 293 g/mol. The first-order valence-corrected chi connectivity index (χ1v) is 7.65. The predicted octanol–water partition coefficient (Wildman–Crippen LogP) is 5.62. The van der Waals surface area contributed by atoms with Crippen LogP contribution in [0.15, 0.2) is 30.3 Å². The van der Waals surface area contributed by atoms with E-state index in [2.05, 4.69) is 44.3 Å². The van der Waals surface area contributed by atoms with Crippen molar-refractivity contribution in [3.05, 3.63) is 50.7 Å². The molecule has 0 atom stereocenters. The number of anilines is 1. The molecule has 0 spiro atoms. The number of aryl methyl sites for hydroxylation is 1. The molecule has 0 aliphatic heterocycles. The topological polar surface area (TPSA) is 12.0 Å². The van der Waals surface area contributed by atoms with Crippen LogP contribution in [0.25, 0.3) is 0 Å². The SMILES string of the molecule is Cc1ccc(NCc2ccc(C(C)(C)C)s2)c(Cl)c1. The van der Waals surface area contributed by atoms with Gasteiger partial charge in [0.05, 0.1) is 10.7 Å². The van der Waals surface area contributed by atoms with Gasteiger partial charge in [0.15, 0.2) is 0 Å². The quantitative estimate of drug-likeness (QED) is 0.774. The highest BCUT2D eigenvalue weighted by atomic mass is 35.5. The van der Waals surface area contributed by atoms with E-state index in [9.17, 15) is 0 Å². The summed E-state index contributed by atoms with van der Waals surface area (Å²) in [5, 5.41) is 4.18. The minimum atomic E-state index is 0.227. The highest BCUT2D eigenvalue weighted by Crippen LogP contribution is 2.30. The Kier molecular flexibility index (Phi) is 4.22. The third-order valence-electron chi connectivity index (χ3n) is 2.98. The van der Waals surface area contributed by atoms with Gasteiger partial charge < -0.3 is 5.32 Å². The fourth-order valence-corrected chi connectivity index (χ4v) is 3.13. The summed E-state index contributed by atoms with van der Waals surface area (Å²) in [4.78, 5) is 2.75. The molecule has 1 nitrogen and oxygen atoms in total. The number of hydrogen-bond acceptors (Lipinski definition) is 2. The van der Waals surface area contributed by atoms with E-state index in [4.69, 9.17) is 11.6 Å². The van der Waals surface area contributed by atoms with Gasteiger partial charge in [-0.25, -0.2) is 0 Å². The van der Waals surface area contributed by atoms with Crippen LogP contribution in [-0.2, 0) is 12.0 Å². The van der Waals surface area contributed by atoms with Crippen molar-refractivity contribution in [3.8, 4) is 0 Å². The molecule has 0 amide bonds. The van der Waals surface area contributed by atoms with E-state index >= 15 is 0 Å². The fourth-order valence-electron chi connectivity index (χ4n) is 1.82. The Morgan fingerprint density at radius 1 is 1.16 bits per heavy atom. The zero-order valence-electron chi connectivity index (χ0n) is 11.9. The van der Waals surface area contributed by atoms with Gasteiger partial charge in [-0.1, -0.05) is 38.4 Å². The lowest BCUT2D eigenvalue weighted by Gasteiger charge is -2.15. The van der Waals surface area contributed by atoms with Crippen molar-refractivity contribution in [3.63, 3.8) is 0 Å². The molecule has 0 aliphatic carbocycles. The van der Waals surface area contributed by atoms with E-state index in [0.717, 1.165) is 17.3 Å². The summed E-state index contributed by atoms with van der Waals surface area (Å²) in [6, 6.07) is 10.5. The first kappa shape index (κ1) is 14.4. The Morgan fingerprint density at radius 2 is 1.89 bits per heavy atom. The molecule has 0 saturated carbocycles. The van der Waals surface area contributed by atoms with E-state index in [-0.39, 0.29) is 5.41 Å². The summed E-state index contributed by atoms with van der Waals surface area (Å²) in [5.41, 5.74) is 2.41. The number of hydrogen-bond donors (Lipinski definition) is 1. The van der Waals surface area contributed by atoms with E-state index < -0.39 is 0 Å². The van der Waals surface area contributed by atoms with Crippen molar-refractivity contribution in [2.75, 3.05) is 5.32 Å². The number of nitrogens with one attached hydrogen (secondary N) is 1. The number of thiophene rings is 1. The Bertz CT molecular complexity index is 566. The van der Waals surface area contributed by atoms with Gasteiger partial charge in [0.2, 0.25) is 0 Å². The molecule has 19 heavy (non-hydrogen) atoms. The van der Waals surface area contributed by atoms with Crippen molar-refractivity contribution in [2.24, 2.45) is 0 Å². The van der Waals surface area contributed by atoms with Crippen LogP contribution in [0, 0.1) is 6.92 Å². The Morgan fingerprint density at radius 3 is 2.47 bits per heavy atom. The zero-order chi connectivity index (χ0) is 14.0. The molecule has 1 N–H and O–H groups in total. The molecular weight excluding hydrogens is 274 g/mol. The maximum atomic E-state index is 6.21. The van der Waals surface area contributed by atoms with Crippen LogP contribution in [0.2, 0.25) is 5.02 Å². The van der Waals surface area contributed by atoms with Crippen LogP contribution in [0.5, 0.6) is 0 Å². The van der Waals surface area contributed by atoms with E-state index in [0.29, 0.717) is 0 Å². The standard InChI is InChI=1S/C16H20ClNS/c1-11-5-7-14(13(17)9-11)18-10-12-6-8-15(19-12)16(2,3)4/h5-9,18H,10H2,1-4H3. The van der Waals surface area contributed by atoms with Crippen LogP contribution in [0.3, 0.4) is 0 Å². The van der Waals surface area contributed by atoms with Gasteiger partial charge in [-0.3, -0.25) is 0 Å². The molecule has 0 fully saturated rings. The summed E-state index contributed by atoms with van der Waals surface area (Å²) < 4.78 is 0. The Labute approximate surface area is 124 Å². The van der Waals surface area contributed by atoms with Gasteiger partial charge in [0.1, 0.15) is 0 Å². The minimum Gasteiger partial charge on any atom is -0.379 e. The molecule has 2 aromatic rings. The molecule has 0 unspecified atom stereocenters. The van der Waals surface area contributed by atoms with Gasteiger partial charge in [-0.15, -0.1) is 11.3 Å². The molecular formula is C16H20ClNS. The maximum absolute atomic E-state index is 6.21. The van der Waals surface area contributed by atoms with Crippen LogP contribution in [0.1, 0.15) is 36.1 Å². The molecule has 0 bridgehead atoms. The third kappa shape index (κ3) is 3.74. The number of rotatable bonds is 3. The highest BCUT2D eigenvalue weighted by Gasteiger charge is 2.15. The molecule has 0 radical (unpaired) electrons. The second-order valence-corrected chi connectivity index (χ2v) is 7.43. The third-order valence-corrected chi connectivity index (χ3v) is 4.80. The van der Waals surface area contributed by atoms with E-state index in [1.807, 2.05) is 30.4 Å². The summed E-state index contributed by atoms with van der Waals surface area (Å²) in [5.74, 6) is 0. The van der Waals surface area contributed by atoms with Gasteiger partial charge in [-0.2, -0.15) is 0 Å². The summed E-state index contributed by atoms with van der Waals surface area (Å²) >= 11 is 8.08. The smallest absolute Gasteiger partial charge is 0.0640 e. The largest absolute Gasteiger partial charge is 0.379 e. The average Bonchev–Trinajstić information content (AvgIpc) is 2.76. The van der Waals surface area contributed by atoms with E-state index in [1.54, 1.807) is 0 Å². The molecule has 0 aliphatic rings. The minimum absolute atomic E-state index is 0.227. The Balaban J connectivity index is 2.04. The number of benzene rings is 1. The summed E-state index contributed by atoms with van der Waals surface area (Å²) in [6.07, 6.45) is 0. The second-order valence-electron chi connectivity index (χ2n) is 5.85. The molecule has 1 aromatic carbocycles. The average molecular weight is 294 g/mol. The van der Waals surface area contributed by atoms with Crippen LogP contribution >= 0.6 is 22.9 Å². The summed E-state index contributed by atoms with van der Waals surface area (Å²) in [6.45, 7) is 9.60. The lowest BCUT2D eigenvalue weighted by molar-refractivity contribution is 0.604. The Hall–Kier alpha value is -0.990. The summed E-state index contributed by atoms with van der Waals surface area (Å²) in [7, 11) is 0. The maximum Gasteiger partial charge on any atom is 0.0640 e. The zero-order valence-corrected chi connectivity index (χ0v) is 13.5. The van der Waals surface area contributed by atoms with Crippen molar-refractivity contribution >= 4 is 28.6 Å². The van der Waals surface area contributed by atoms with Crippen molar-refractivity contribution in [1.29, 1.82) is 0 Å². The molecule has 2 rings (SSSR count). The van der Waals surface area contributed by atoms with Gasteiger partial charge in [-0.05, 0) is 42.2 Å². The lowest BCUT2D eigenvalue weighted by Crippen LogP contribution is -2.07.